The minimum atomic E-state index is -4.54. The number of nitrogens with zero attached hydrogens (tertiary/aromatic N) is 3. The lowest BCUT2D eigenvalue weighted by Crippen LogP contribution is -2.41. The van der Waals surface area contributed by atoms with E-state index in [1.807, 2.05) is 0 Å². The average molecular weight is 492 g/mol. The predicted octanol–water partition coefficient (Wildman–Crippen LogP) is 5.03. The maximum Gasteiger partial charge on any atom is 0.449 e. The van der Waals surface area contributed by atoms with E-state index in [4.69, 9.17) is 14.2 Å². The van der Waals surface area contributed by atoms with E-state index in [2.05, 4.69) is 10.3 Å². The Morgan fingerprint density at radius 1 is 1.06 bits per heavy atom. The molecule has 2 aromatic carbocycles. The van der Waals surface area contributed by atoms with Crippen molar-refractivity contribution in [3.05, 3.63) is 42.2 Å². The molecule has 0 radical (unpaired) electrons. The summed E-state index contributed by atoms with van der Waals surface area (Å²) in [4.78, 5) is 18.3. The summed E-state index contributed by atoms with van der Waals surface area (Å²) in [7, 11) is 4.47. The van der Waals surface area contributed by atoms with Crippen LogP contribution >= 0.6 is 0 Å². The molecule has 2 amide bonds. The molecule has 0 unspecified atom stereocenters. The van der Waals surface area contributed by atoms with E-state index in [0.29, 0.717) is 59.9 Å². The molecule has 0 saturated carbocycles. The number of anilines is 1. The van der Waals surface area contributed by atoms with Gasteiger partial charge in [-0.2, -0.15) is 13.2 Å². The van der Waals surface area contributed by atoms with Gasteiger partial charge >= 0.3 is 12.2 Å². The van der Waals surface area contributed by atoms with Crippen LogP contribution in [-0.4, -0.2) is 54.9 Å². The van der Waals surface area contributed by atoms with Crippen molar-refractivity contribution in [3.8, 4) is 17.2 Å². The number of aromatic nitrogens is 2. The molecule has 1 N–H and O–H groups in total. The SMILES string of the molecule is COc1cc(NC(=O)N2CCC(Cn3c(C(F)(F)F)nc4ccccc43)CC2)cc(OC)c1OC. The molecule has 0 bridgehead atoms. The van der Waals surface area contributed by atoms with Gasteiger partial charge in [0.2, 0.25) is 11.6 Å². The minimum absolute atomic E-state index is 0.0149. The number of urea groups is 1. The number of likely N-dealkylation sites (tertiary alicyclic amines) is 1. The summed E-state index contributed by atoms with van der Waals surface area (Å²) in [6.45, 7) is 1.04. The number of amides is 2. The number of nitrogens with one attached hydrogen (secondary N) is 1. The van der Waals surface area contributed by atoms with Crippen LogP contribution in [0, 0.1) is 5.92 Å². The van der Waals surface area contributed by atoms with Gasteiger partial charge in [0.05, 0.1) is 38.1 Å². The first-order chi connectivity index (χ1) is 16.7. The van der Waals surface area contributed by atoms with Crippen molar-refractivity contribution in [2.45, 2.75) is 25.6 Å². The van der Waals surface area contributed by atoms with Gasteiger partial charge < -0.3 is 29.0 Å². The highest BCUT2D eigenvalue weighted by Crippen LogP contribution is 2.40. The molecule has 0 spiro atoms. The zero-order chi connectivity index (χ0) is 25.2. The molecule has 8 nitrogen and oxygen atoms in total. The molecule has 0 atom stereocenters. The van der Waals surface area contributed by atoms with Crippen LogP contribution in [-0.2, 0) is 12.7 Å². The largest absolute Gasteiger partial charge is 0.493 e. The molecule has 1 saturated heterocycles. The fourth-order valence-electron chi connectivity index (χ4n) is 4.41. The first-order valence-electron chi connectivity index (χ1n) is 11.1. The van der Waals surface area contributed by atoms with E-state index in [1.165, 1.54) is 25.9 Å². The van der Waals surface area contributed by atoms with Crippen molar-refractivity contribution in [3.63, 3.8) is 0 Å². The van der Waals surface area contributed by atoms with E-state index >= 15 is 0 Å². The van der Waals surface area contributed by atoms with E-state index < -0.39 is 12.0 Å². The van der Waals surface area contributed by atoms with Gasteiger partial charge in [0.15, 0.2) is 11.5 Å². The van der Waals surface area contributed by atoms with Gasteiger partial charge in [0.1, 0.15) is 0 Å². The molecule has 1 aliphatic rings. The van der Waals surface area contributed by atoms with Gasteiger partial charge in [-0.1, -0.05) is 12.1 Å². The van der Waals surface area contributed by atoms with Crippen LogP contribution in [0.25, 0.3) is 11.0 Å². The second kappa shape index (κ2) is 9.93. The highest BCUT2D eigenvalue weighted by atomic mass is 19.4. The molecular formula is C24H27F3N4O4. The van der Waals surface area contributed by atoms with E-state index in [-0.39, 0.29) is 18.5 Å². The third-order valence-corrected chi connectivity index (χ3v) is 6.17. The van der Waals surface area contributed by atoms with Gasteiger partial charge in [-0.15, -0.1) is 0 Å². The molecule has 2 heterocycles. The Kier molecular flexibility index (Phi) is 6.95. The number of carbonyl (C=O) groups excluding carboxylic acids is 1. The standard InChI is InChI=1S/C24H27F3N4O4/c1-33-19-12-16(13-20(34-2)21(19)35-3)28-23(32)30-10-8-15(9-11-30)14-31-18-7-5-4-6-17(18)29-22(31)24(25,26)27/h4-7,12-13,15H,8-11,14H2,1-3H3,(H,28,32). The zero-order valence-electron chi connectivity index (χ0n) is 19.7. The summed E-state index contributed by atoms with van der Waals surface area (Å²) >= 11 is 0. The first kappa shape index (κ1) is 24.5. The summed E-state index contributed by atoms with van der Waals surface area (Å²) in [6.07, 6.45) is -3.39. The van der Waals surface area contributed by atoms with Gasteiger partial charge in [0, 0.05) is 31.8 Å². The highest BCUT2D eigenvalue weighted by molar-refractivity contribution is 5.90. The van der Waals surface area contributed by atoms with E-state index in [0.717, 1.165) is 0 Å². The average Bonchev–Trinajstić information content (AvgIpc) is 3.22. The van der Waals surface area contributed by atoms with Crippen molar-refractivity contribution in [2.75, 3.05) is 39.7 Å². The molecule has 0 aliphatic carbocycles. The number of methoxy groups -OCH3 is 3. The Bertz CT molecular complexity index is 1180. The quantitative estimate of drug-likeness (QED) is 0.523. The lowest BCUT2D eigenvalue weighted by molar-refractivity contribution is -0.147. The number of piperidine rings is 1. The molecule has 4 rings (SSSR count). The molecule has 188 valence electrons. The number of alkyl halides is 3. The number of fused-ring (bicyclic) bond motifs is 1. The number of hydrogen-bond donors (Lipinski definition) is 1. The van der Waals surface area contributed by atoms with Gasteiger partial charge in [-0.05, 0) is 30.9 Å². The molecule has 1 aliphatic heterocycles. The van der Waals surface area contributed by atoms with Gasteiger partial charge in [-0.25, -0.2) is 9.78 Å². The van der Waals surface area contributed by atoms with Crippen molar-refractivity contribution in [1.82, 2.24) is 14.5 Å². The lowest BCUT2D eigenvalue weighted by atomic mass is 9.96. The molecule has 1 fully saturated rings. The summed E-state index contributed by atoms with van der Waals surface area (Å²) in [6, 6.07) is 9.57. The van der Waals surface area contributed by atoms with Gasteiger partial charge in [0.25, 0.3) is 0 Å². The van der Waals surface area contributed by atoms with Crippen molar-refractivity contribution < 1.29 is 32.2 Å². The fraction of sp³-hybridized carbons (Fsp3) is 0.417. The third kappa shape index (κ3) is 5.08. The Morgan fingerprint density at radius 3 is 2.26 bits per heavy atom. The summed E-state index contributed by atoms with van der Waals surface area (Å²) in [5.41, 5.74) is 1.26. The summed E-state index contributed by atoms with van der Waals surface area (Å²) < 4.78 is 58.0. The Hall–Kier alpha value is -3.63. The number of ether oxygens (including phenoxy) is 3. The highest BCUT2D eigenvalue weighted by Gasteiger charge is 2.38. The van der Waals surface area contributed by atoms with Crippen LogP contribution in [0.5, 0.6) is 17.2 Å². The van der Waals surface area contributed by atoms with Crippen LogP contribution in [0.15, 0.2) is 36.4 Å². The van der Waals surface area contributed by atoms with E-state index in [1.54, 1.807) is 41.3 Å². The monoisotopic (exact) mass is 492 g/mol. The van der Waals surface area contributed by atoms with Crippen LogP contribution in [0.1, 0.15) is 18.7 Å². The zero-order valence-corrected chi connectivity index (χ0v) is 19.7. The third-order valence-electron chi connectivity index (χ3n) is 6.17. The molecular weight excluding hydrogens is 465 g/mol. The second-order valence-electron chi connectivity index (χ2n) is 8.31. The summed E-state index contributed by atoms with van der Waals surface area (Å²) in [5.74, 6) is 0.335. The maximum atomic E-state index is 13.6. The number of rotatable bonds is 6. The topological polar surface area (TPSA) is 77.9 Å². The number of hydrogen-bond acceptors (Lipinski definition) is 5. The van der Waals surface area contributed by atoms with Crippen LogP contribution in [0.2, 0.25) is 0 Å². The van der Waals surface area contributed by atoms with Crippen LogP contribution < -0.4 is 19.5 Å². The van der Waals surface area contributed by atoms with Crippen molar-refractivity contribution in [1.29, 1.82) is 0 Å². The number of imidazole rings is 1. The van der Waals surface area contributed by atoms with E-state index in [9.17, 15) is 18.0 Å². The minimum Gasteiger partial charge on any atom is -0.493 e. The van der Waals surface area contributed by atoms with Crippen molar-refractivity contribution in [2.24, 2.45) is 5.92 Å². The Morgan fingerprint density at radius 2 is 1.69 bits per heavy atom. The van der Waals surface area contributed by atoms with Crippen LogP contribution in [0.4, 0.5) is 23.7 Å². The number of halogens is 3. The number of para-hydroxylation sites is 2. The summed E-state index contributed by atoms with van der Waals surface area (Å²) in [5, 5.41) is 2.83. The Balaban J connectivity index is 1.42. The molecule has 35 heavy (non-hydrogen) atoms. The number of carbonyl (C=O) groups is 1. The Labute approximate surface area is 200 Å². The fourth-order valence-corrected chi connectivity index (χ4v) is 4.41. The predicted molar refractivity (Wildman–Crippen MR) is 124 cm³/mol. The maximum absolute atomic E-state index is 13.6. The molecule has 3 aromatic rings. The number of benzene rings is 2. The molecule has 11 heteroatoms. The first-order valence-corrected chi connectivity index (χ1v) is 11.1. The lowest BCUT2D eigenvalue weighted by Gasteiger charge is -2.32. The molecule has 1 aromatic heterocycles. The normalized spacial score (nSPS) is 14.7. The van der Waals surface area contributed by atoms with Crippen LogP contribution in [0.3, 0.4) is 0 Å². The smallest absolute Gasteiger partial charge is 0.449 e. The van der Waals surface area contributed by atoms with Gasteiger partial charge in [-0.3, -0.25) is 0 Å². The second-order valence-corrected chi connectivity index (χ2v) is 8.31. The van der Waals surface area contributed by atoms with Crippen molar-refractivity contribution >= 4 is 22.8 Å².